The molecule has 0 unspecified atom stereocenters. The summed E-state index contributed by atoms with van der Waals surface area (Å²) in [5.41, 5.74) is 4.09. The molecular formula is C31H40N8O6S. The molecule has 2 aliphatic rings. The Bertz CT molecular complexity index is 1750. The minimum absolute atomic E-state index is 0.0143. The maximum atomic E-state index is 13.9. The minimum Gasteiger partial charge on any atom is -0.471 e. The lowest BCUT2D eigenvalue weighted by Crippen LogP contribution is -2.62. The second kappa shape index (κ2) is 12.4. The predicted octanol–water partition coefficient (Wildman–Crippen LogP) is 1.60. The molecule has 2 fully saturated rings. The number of likely N-dealkylation sites (tertiary alicyclic amines) is 1. The number of hydrogen-bond donors (Lipinski definition) is 3. The van der Waals surface area contributed by atoms with Gasteiger partial charge >= 0.3 is 0 Å². The Balaban J connectivity index is 1.42. The summed E-state index contributed by atoms with van der Waals surface area (Å²) in [5, 5.41) is 12.2. The molecule has 0 spiro atoms. The summed E-state index contributed by atoms with van der Waals surface area (Å²) in [5.74, 6) is -1.23. The van der Waals surface area contributed by atoms with Gasteiger partial charge in [-0.15, -0.1) is 16.8 Å². The smallest absolute Gasteiger partial charge is 0.259 e. The van der Waals surface area contributed by atoms with Crippen LogP contribution in [0.15, 0.2) is 55.6 Å². The van der Waals surface area contributed by atoms with Crippen molar-refractivity contribution in [2.75, 3.05) is 6.54 Å². The number of rotatable bonds is 11. The van der Waals surface area contributed by atoms with E-state index in [1.807, 2.05) is 45.0 Å². The summed E-state index contributed by atoms with van der Waals surface area (Å²) in [4.78, 5) is 46.4. The summed E-state index contributed by atoms with van der Waals surface area (Å²) < 4.78 is 35.2. The summed E-state index contributed by atoms with van der Waals surface area (Å²) in [6.07, 6.45) is 6.66. The van der Waals surface area contributed by atoms with E-state index >= 15 is 0 Å². The first-order chi connectivity index (χ1) is 21.6. The lowest BCUT2D eigenvalue weighted by Gasteiger charge is -2.34. The number of ether oxygens (including phenoxy) is 1. The van der Waals surface area contributed by atoms with Gasteiger partial charge in [0.2, 0.25) is 27.7 Å². The zero-order valence-corrected chi connectivity index (χ0v) is 27.2. The number of nitrogens with zero attached hydrogens (tertiary/aromatic N) is 5. The van der Waals surface area contributed by atoms with Crippen LogP contribution < -0.4 is 20.5 Å². The summed E-state index contributed by atoms with van der Waals surface area (Å²) in [7, 11) is -3.88. The summed E-state index contributed by atoms with van der Waals surface area (Å²) in [6, 6.07) is 5.41. The molecule has 0 bridgehead atoms. The fourth-order valence-corrected chi connectivity index (χ4v) is 6.76. The monoisotopic (exact) mass is 652 g/mol. The van der Waals surface area contributed by atoms with E-state index in [9.17, 15) is 22.8 Å². The van der Waals surface area contributed by atoms with Gasteiger partial charge in [0, 0.05) is 29.6 Å². The molecule has 1 saturated heterocycles. The predicted molar refractivity (Wildman–Crippen MR) is 170 cm³/mol. The zero-order chi connectivity index (χ0) is 33.4. The molecule has 2 aromatic heterocycles. The van der Waals surface area contributed by atoms with Crippen LogP contribution in [0.1, 0.15) is 53.4 Å². The van der Waals surface area contributed by atoms with E-state index in [-0.39, 0.29) is 25.3 Å². The van der Waals surface area contributed by atoms with Crippen molar-refractivity contribution >= 4 is 38.5 Å². The van der Waals surface area contributed by atoms with Crippen molar-refractivity contribution in [3.8, 4) is 11.7 Å². The van der Waals surface area contributed by atoms with Crippen LogP contribution in [0.4, 0.5) is 0 Å². The quantitative estimate of drug-likeness (QED) is 0.256. The van der Waals surface area contributed by atoms with Crippen LogP contribution in [-0.4, -0.2) is 86.3 Å². The molecule has 3 heterocycles. The van der Waals surface area contributed by atoms with Gasteiger partial charge in [-0.05, 0) is 37.7 Å². The number of nitrogens with one attached hydrogen (secondary N) is 2. The van der Waals surface area contributed by atoms with Gasteiger partial charge in [-0.2, -0.15) is 0 Å². The van der Waals surface area contributed by atoms with Gasteiger partial charge in [-0.3, -0.25) is 23.7 Å². The van der Waals surface area contributed by atoms with Crippen LogP contribution in [0, 0.1) is 5.41 Å². The largest absolute Gasteiger partial charge is 0.471 e. The molecule has 3 aromatic rings. The first kappa shape index (κ1) is 33.0. The van der Waals surface area contributed by atoms with Gasteiger partial charge in [-0.25, -0.2) is 13.4 Å². The number of sulfonamides is 1. The number of carbonyl (C=O) groups is 3. The third-order valence-electron chi connectivity index (χ3n) is 8.36. The van der Waals surface area contributed by atoms with Gasteiger partial charge < -0.3 is 20.7 Å². The molecule has 0 radical (unpaired) electrons. The molecule has 246 valence electrons. The highest BCUT2D eigenvalue weighted by Gasteiger charge is 2.47. The Hall–Kier alpha value is -4.37. The number of imidazole rings is 1. The molecule has 46 heavy (non-hydrogen) atoms. The summed E-state index contributed by atoms with van der Waals surface area (Å²) >= 11 is 0. The molecule has 1 aromatic carbocycles. The first-order valence-electron chi connectivity index (χ1n) is 15.1. The van der Waals surface area contributed by atoms with E-state index in [1.165, 1.54) is 17.9 Å². The van der Waals surface area contributed by atoms with Gasteiger partial charge in [0.25, 0.3) is 5.91 Å². The van der Waals surface area contributed by atoms with E-state index in [1.54, 1.807) is 23.3 Å². The molecule has 14 nitrogen and oxygen atoms in total. The number of amides is 3. The molecule has 15 heteroatoms. The standard InChI is InChI=1S/C31H40N8O6S/c1-6-13-31(5,29(42)37-46(43,44)20-11-12-20)34-26(40)23-16-19(17-39(23)28(41)24(32)30(2,3)4)45-27-22-10-8-7-9-21(22)25(35-36-27)38-15-14-33-18-38/h6-10,14-15,18-20,23-24H,1,11-13,16-17,32H2,2-5H3,(H,34,40)(H,37,42)/t19-,23+,24-,31+/m1/s1. The van der Waals surface area contributed by atoms with E-state index < -0.39 is 62.1 Å². The number of nitrogens with two attached hydrogens (primary N) is 1. The van der Waals surface area contributed by atoms with Crippen LogP contribution >= 0.6 is 0 Å². The lowest BCUT2D eigenvalue weighted by molar-refractivity contribution is -0.142. The molecule has 1 aliphatic heterocycles. The Morgan fingerprint density at radius 1 is 1.15 bits per heavy atom. The van der Waals surface area contributed by atoms with E-state index in [4.69, 9.17) is 10.5 Å². The Morgan fingerprint density at radius 3 is 2.46 bits per heavy atom. The number of benzene rings is 1. The lowest BCUT2D eigenvalue weighted by atomic mass is 9.86. The fraction of sp³-hybridized carbons (Fsp3) is 0.484. The highest BCUT2D eigenvalue weighted by Crippen LogP contribution is 2.32. The topological polar surface area (TPSA) is 191 Å². The van der Waals surface area contributed by atoms with Crippen molar-refractivity contribution in [3.63, 3.8) is 0 Å². The van der Waals surface area contributed by atoms with E-state index in [2.05, 4.69) is 31.8 Å². The second-order valence-electron chi connectivity index (χ2n) is 13.2. The molecule has 1 aliphatic carbocycles. The van der Waals surface area contributed by atoms with Crippen molar-refractivity contribution in [1.82, 2.24) is 34.7 Å². The average Bonchev–Trinajstić information content (AvgIpc) is 3.57. The van der Waals surface area contributed by atoms with E-state index in [0.29, 0.717) is 24.0 Å². The highest BCUT2D eigenvalue weighted by molar-refractivity contribution is 7.90. The second-order valence-corrected chi connectivity index (χ2v) is 15.1. The third kappa shape index (κ3) is 6.75. The third-order valence-corrected chi connectivity index (χ3v) is 10.2. The van der Waals surface area contributed by atoms with Crippen molar-refractivity contribution in [2.24, 2.45) is 11.1 Å². The van der Waals surface area contributed by atoms with Crippen molar-refractivity contribution in [1.29, 1.82) is 0 Å². The molecule has 4 N–H and O–H groups in total. The Labute approximate surface area is 267 Å². The van der Waals surface area contributed by atoms with Crippen LogP contribution in [-0.2, 0) is 24.4 Å². The van der Waals surface area contributed by atoms with Crippen LogP contribution in [0.5, 0.6) is 5.88 Å². The molecule has 4 atom stereocenters. The number of aromatic nitrogens is 4. The SMILES string of the molecule is C=CC[C@](C)(NC(=O)[C@@H]1C[C@@H](Oc2nnc(-n3ccnc3)c3ccccc23)CN1C(=O)[C@@H](N)C(C)(C)C)C(=O)NS(=O)(=O)C1CC1. The van der Waals surface area contributed by atoms with E-state index in [0.717, 1.165) is 5.39 Å². The van der Waals surface area contributed by atoms with Crippen molar-refractivity contribution in [3.05, 3.63) is 55.6 Å². The van der Waals surface area contributed by atoms with Crippen molar-refractivity contribution in [2.45, 2.75) is 82.4 Å². The molecular weight excluding hydrogens is 612 g/mol. The number of hydrogen-bond acceptors (Lipinski definition) is 10. The van der Waals surface area contributed by atoms with Gasteiger partial charge in [0.05, 0.1) is 17.8 Å². The average molecular weight is 653 g/mol. The molecule has 1 saturated carbocycles. The maximum absolute atomic E-state index is 13.9. The zero-order valence-electron chi connectivity index (χ0n) is 26.3. The molecule has 3 amide bonds. The Kier molecular flexibility index (Phi) is 8.92. The first-order valence-corrected chi connectivity index (χ1v) is 16.6. The Morgan fingerprint density at radius 2 is 1.85 bits per heavy atom. The minimum atomic E-state index is -3.88. The van der Waals surface area contributed by atoms with Crippen LogP contribution in [0.2, 0.25) is 0 Å². The fourth-order valence-electron chi connectivity index (χ4n) is 5.36. The molecule has 5 rings (SSSR count). The maximum Gasteiger partial charge on any atom is 0.259 e. The number of fused-ring (bicyclic) bond motifs is 1. The van der Waals surface area contributed by atoms with Crippen molar-refractivity contribution < 1.29 is 27.5 Å². The number of carbonyl (C=O) groups excluding carboxylic acids is 3. The van der Waals surface area contributed by atoms with Crippen LogP contribution in [0.25, 0.3) is 16.6 Å². The van der Waals surface area contributed by atoms with Gasteiger partial charge in [0.15, 0.2) is 5.82 Å². The van der Waals surface area contributed by atoms with Gasteiger partial charge in [0.1, 0.15) is 24.0 Å². The van der Waals surface area contributed by atoms with Gasteiger partial charge in [-0.1, -0.05) is 45.0 Å². The van der Waals surface area contributed by atoms with Crippen LogP contribution in [0.3, 0.4) is 0 Å². The highest BCUT2D eigenvalue weighted by atomic mass is 32.2. The normalized spacial score (nSPS) is 20.5. The summed E-state index contributed by atoms with van der Waals surface area (Å²) in [6.45, 7) is 10.6.